The Morgan fingerprint density at radius 3 is 1.11 bits per heavy atom. The highest BCUT2D eigenvalue weighted by molar-refractivity contribution is 6.00. The highest BCUT2D eigenvalue weighted by atomic mass is 15.1. The normalized spacial score (nSPS) is 10.6. The molecule has 0 aromatic heterocycles. The summed E-state index contributed by atoms with van der Waals surface area (Å²) in [5.41, 5.74) is 5.33. The van der Waals surface area contributed by atoms with Gasteiger partial charge in [-0.05, 0) is 53.1 Å². The molecule has 220 valence electrons. The number of nitriles is 5. The third-order valence-corrected chi connectivity index (χ3v) is 7.08. The van der Waals surface area contributed by atoms with Crippen LogP contribution in [-0.2, 0) is 0 Å². The molecule has 0 saturated carbocycles. The van der Waals surface area contributed by atoms with Crippen LogP contribution in [-0.4, -0.2) is 42.3 Å². The second-order valence-corrected chi connectivity index (χ2v) is 10.5. The van der Waals surface area contributed by atoms with E-state index in [2.05, 4.69) is 6.07 Å². The van der Waals surface area contributed by atoms with Crippen molar-refractivity contribution in [2.45, 2.75) is 0 Å². The lowest BCUT2D eigenvalue weighted by Gasteiger charge is -2.17. The first-order valence-electron chi connectivity index (χ1n) is 13.8. The monoisotopic (exact) mass is 588 g/mol. The first-order chi connectivity index (χ1) is 21.6. The summed E-state index contributed by atoms with van der Waals surface area (Å²) in [7, 11) is 11.5. The van der Waals surface area contributed by atoms with Crippen molar-refractivity contribution in [1.82, 2.24) is 0 Å². The van der Waals surface area contributed by atoms with Gasteiger partial charge in [-0.25, -0.2) is 0 Å². The third kappa shape index (κ3) is 7.66. The molecule has 0 fully saturated rings. The zero-order chi connectivity index (χ0) is 33.1. The van der Waals surface area contributed by atoms with Gasteiger partial charge in [-0.2, -0.15) is 26.3 Å². The summed E-state index contributed by atoms with van der Waals surface area (Å²) in [5, 5.41) is 50.3. The lowest BCUT2D eigenvalue weighted by Crippen LogP contribution is -2.08. The van der Waals surface area contributed by atoms with E-state index in [0.29, 0.717) is 27.8 Å². The van der Waals surface area contributed by atoms with Crippen LogP contribution in [0, 0.1) is 56.7 Å². The van der Waals surface area contributed by atoms with Crippen molar-refractivity contribution in [3.8, 4) is 30.3 Å². The van der Waals surface area contributed by atoms with Gasteiger partial charge in [-0.1, -0.05) is 48.6 Å². The predicted molar refractivity (Wildman–Crippen MR) is 180 cm³/mol. The second-order valence-electron chi connectivity index (χ2n) is 10.5. The molecule has 0 spiro atoms. The maximum absolute atomic E-state index is 10.6. The zero-order valence-electron chi connectivity index (χ0n) is 26.2. The first kappa shape index (κ1) is 33.0. The smallest absolute Gasteiger partial charge is 0.138 e. The van der Waals surface area contributed by atoms with Crippen LogP contribution in [0.25, 0.3) is 16.7 Å². The van der Waals surface area contributed by atoms with Crippen LogP contribution in [0.5, 0.6) is 0 Å². The summed E-state index contributed by atoms with van der Waals surface area (Å²) >= 11 is 0. The van der Waals surface area contributed by atoms with Gasteiger partial charge in [0.05, 0.1) is 5.57 Å². The summed E-state index contributed by atoms with van der Waals surface area (Å²) in [6.07, 6.45) is 3.29. The molecule has 0 N–H and O–H groups in total. The number of rotatable bonds is 9. The van der Waals surface area contributed by atoms with E-state index in [1.54, 1.807) is 24.3 Å². The van der Waals surface area contributed by atoms with E-state index in [-0.39, 0.29) is 22.3 Å². The van der Waals surface area contributed by atoms with Crippen LogP contribution in [0.4, 0.5) is 17.1 Å². The van der Waals surface area contributed by atoms with E-state index in [1.165, 1.54) is 0 Å². The van der Waals surface area contributed by atoms with Crippen LogP contribution in [0.1, 0.15) is 16.7 Å². The largest absolute Gasteiger partial charge is 0.378 e. The van der Waals surface area contributed by atoms with Gasteiger partial charge in [-0.15, -0.1) is 0 Å². The Hall–Kier alpha value is -6.53. The molecule has 0 atom stereocenters. The molecule has 0 radical (unpaired) electrons. The molecule has 0 unspecified atom stereocenters. The average Bonchev–Trinajstić information content (AvgIpc) is 3.05. The molecule has 0 heterocycles. The lowest BCUT2D eigenvalue weighted by atomic mass is 9.87. The van der Waals surface area contributed by atoms with Gasteiger partial charge in [0.2, 0.25) is 0 Å². The van der Waals surface area contributed by atoms with Crippen molar-refractivity contribution in [3.63, 3.8) is 0 Å². The Morgan fingerprint density at radius 1 is 0.444 bits per heavy atom. The molecular weight excluding hydrogens is 556 g/mol. The molecule has 0 saturated heterocycles. The van der Waals surface area contributed by atoms with Gasteiger partial charge < -0.3 is 14.7 Å². The predicted octanol–water partition coefficient (Wildman–Crippen LogP) is 6.72. The van der Waals surface area contributed by atoms with Gasteiger partial charge >= 0.3 is 0 Å². The first-order valence-corrected chi connectivity index (χ1v) is 13.8. The molecule has 0 aliphatic carbocycles. The van der Waals surface area contributed by atoms with E-state index in [4.69, 9.17) is 0 Å². The number of allylic oxidation sites excluding steroid dienone is 8. The van der Waals surface area contributed by atoms with Crippen LogP contribution < -0.4 is 14.7 Å². The molecule has 45 heavy (non-hydrogen) atoms. The van der Waals surface area contributed by atoms with Gasteiger partial charge in [0.1, 0.15) is 41.5 Å². The van der Waals surface area contributed by atoms with Crippen LogP contribution in [0.2, 0.25) is 0 Å². The minimum Gasteiger partial charge on any atom is -0.378 e. The van der Waals surface area contributed by atoms with Crippen molar-refractivity contribution in [1.29, 1.82) is 26.3 Å². The number of anilines is 3. The Kier molecular flexibility index (Phi) is 11.1. The SMILES string of the molecule is CN(C)c1ccc(C(/C=C/C(=C(/C#N)C(=C(C#N)C#N)c2ccc(N(C)C)cc2)c2ccc(N(C)C)cc2)=C(C#N)C#N)cc1. The molecule has 3 aromatic carbocycles. The Balaban J connectivity index is 2.42. The molecule has 3 aromatic rings. The van der Waals surface area contributed by atoms with Gasteiger partial charge in [0, 0.05) is 76.1 Å². The maximum atomic E-state index is 10.6. The summed E-state index contributed by atoms with van der Waals surface area (Å²) in [4.78, 5) is 5.81. The van der Waals surface area contributed by atoms with Crippen LogP contribution in [0.3, 0.4) is 0 Å². The quantitative estimate of drug-likeness (QED) is 0.199. The number of benzene rings is 3. The number of nitrogens with zero attached hydrogens (tertiary/aromatic N) is 8. The van der Waals surface area contributed by atoms with E-state index >= 15 is 0 Å². The molecule has 3 rings (SSSR count). The summed E-state index contributed by atoms with van der Waals surface area (Å²) in [6.45, 7) is 0. The minimum absolute atomic E-state index is 0.0947. The fraction of sp³-hybridized carbons (Fsp3) is 0.162. The van der Waals surface area contributed by atoms with Gasteiger partial charge in [0.15, 0.2) is 0 Å². The molecule has 0 amide bonds. The summed E-state index contributed by atoms with van der Waals surface area (Å²) in [5.74, 6) is 0. The standard InChI is InChI=1S/C37H32N8/c1-43(2)31-13-7-26(8-14-31)34(29(21-38)22-39)19-20-35(27-9-15-32(16-10-27)44(3)4)36(25-42)37(30(23-40)24-41)28-11-17-33(18-12-28)45(5)6/h7-20H,1-6H3/b20-19+,36-35+. The molecule has 0 bridgehead atoms. The topological polar surface area (TPSA) is 129 Å². The Labute approximate surface area is 265 Å². The van der Waals surface area contributed by atoms with Crippen LogP contribution >= 0.6 is 0 Å². The fourth-order valence-electron chi connectivity index (χ4n) is 4.57. The van der Waals surface area contributed by atoms with Crippen molar-refractivity contribution >= 4 is 33.8 Å². The van der Waals surface area contributed by atoms with E-state index in [9.17, 15) is 26.3 Å². The molecule has 0 aliphatic rings. The highest BCUT2D eigenvalue weighted by Gasteiger charge is 2.20. The molecular formula is C37H32N8. The van der Waals surface area contributed by atoms with Crippen LogP contribution in [0.15, 0.2) is 102 Å². The van der Waals surface area contributed by atoms with Crippen molar-refractivity contribution in [3.05, 3.63) is 118 Å². The summed E-state index contributed by atoms with van der Waals surface area (Å²) in [6, 6.07) is 32.3. The average molecular weight is 589 g/mol. The maximum Gasteiger partial charge on any atom is 0.138 e. The van der Waals surface area contributed by atoms with Crippen molar-refractivity contribution in [2.75, 3.05) is 57.0 Å². The minimum atomic E-state index is -0.218. The third-order valence-electron chi connectivity index (χ3n) is 7.08. The Morgan fingerprint density at radius 2 is 0.778 bits per heavy atom. The fourth-order valence-corrected chi connectivity index (χ4v) is 4.57. The van der Waals surface area contributed by atoms with E-state index in [1.807, 2.05) is 142 Å². The molecule has 0 aliphatic heterocycles. The van der Waals surface area contributed by atoms with Crippen molar-refractivity contribution < 1.29 is 0 Å². The van der Waals surface area contributed by atoms with Gasteiger partial charge in [0.25, 0.3) is 0 Å². The highest BCUT2D eigenvalue weighted by Crippen LogP contribution is 2.35. The summed E-state index contributed by atoms with van der Waals surface area (Å²) < 4.78 is 0. The van der Waals surface area contributed by atoms with Gasteiger partial charge in [-0.3, -0.25) is 0 Å². The van der Waals surface area contributed by atoms with Crippen molar-refractivity contribution in [2.24, 2.45) is 0 Å². The molecule has 8 heteroatoms. The number of hydrogen-bond donors (Lipinski definition) is 0. The Bertz CT molecular complexity index is 1850. The number of hydrogen-bond acceptors (Lipinski definition) is 8. The van der Waals surface area contributed by atoms with E-state index < -0.39 is 0 Å². The molecule has 8 nitrogen and oxygen atoms in total. The van der Waals surface area contributed by atoms with E-state index in [0.717, 1.165) is 17.1 Å². The lowest BCUT2D eigenvalue weighted by molar-refractivity contribution is 1.13. The second kappa shape index (κ2) is 15.1. The zero-order valence-corrected chi connectivity index (χ0v) is 26.2.